The second kappa shape index (κ2) is 5.71. The Kier molecular flexibility index (Phi) is 3.55. The van der Waals surface area contributed by atoms with Crippen molar-refractivity contribution < 1.29 is 14.3 Å². The molecule has 0 saturated carbocycles. The van der Waals surface area contributed by atoms with Gasteiger partial charge in [0.2, 0.25) is 5.91 Å². The molecular formula is C15H17N5O3. The lowest BCUT2D eigenvalue weighted by atomic mass is 10.1. The fraction of sp³-hybridized carbons (Fsp3) is 0.467. The first-order valence-corrected chi connectivity index (χ1v) is 7.56. The van der Waals surface area contributed by atoms with Crippen LogP contribution in [-0.2, 0) is 14.3 Å². The fourth-order valence-electron chi connectivity index (χ4n) is 3.16. The largest absolute Gasteiger partial charge is 0.371 e. The van der Waals surface area contributed by atoms with Crippen molar-refractivity contribution in [3.63, 3.8) is 0 Å². The zero-order valence-electron chi connectivity index (χ0n) is 12.6. The average molecular weight is 315 g/mol. The highest BCUT2D eigenvalue weighted by Gasteiger charge is 2.49. The summed E-state index contributed by atoms with van der Waals surface area (Å²) in [6.07, 6.45) is 3.30. The summed E-state index contributed by atoms with van der Waals surface area (Å²) in [5.74, 6) is -0.0792. The van der Waals surface area contributed by atoms with E-state index in [2.05, 4.69) is 20.6 Å². The molecule has 2 aromatic rings. The lowest BCUT2D eigenvalue weighted by Crippen LogP contribution is -2.43. The Bertz CT molecular complexity index is 704. The van der Waals surface area contributed by atoms with Crippen LogP contribution in [-0.4, -0.2) is 57.3 Å². The molecule has 0 aliphatic carbocycles. The number of nitrogens with zero attached hydrogens (tertiary/aromatic N) is 4. The summed E-state index contributed by atoms with van der Waals surface area (Å²) >= 11 is 0. The van der Waals surface area contributed by atoms with Crippen LogP contribution in [0.1, 0.15) is 13.0 Å². The van der Waals surface area contributed by atoms with Gasteiger partial charge in [0.1, 0.15) is 23.9 Å². The van der Waals surface area contributed by atoms with E-state index in [1.807, 2.05) is 24.4 Å². The van der Waals surface area contributed by atoms with Gasteiger partial charge in [-0.3, -0.25) is 9.78 Å². The van der Waals surface area contributed by atoms with Gasteiger partial charge >= 0.3 is 0 Å². The summed E-state index contributed by atoms with van der Waals surface area (Å²) in [6.45, 7) is 2.43. The molecule has 1 amide bonds. The molecule has 8 nitrogen and oxygen atoms in total. The molecule has 0 bridgehead atoms. The summed E-state index contributed by atoms with van der Waals surface area (Å²) in [5, 5.41) is 11.3. The number of amides is 1. The van der Waals surface area contributed by atoms with Crippen molar-refractivity contribution in [2.45, 2.75) is 31.2 Å². The van der Waals surface area contributed by atoms with Gasteiger partial charge in [-0.15, -0.1) is 5.10 Å². The predicted molar refractivity (Wildman–Crippen MR) is 79.4 cm³/mol. The molecule has 4 atom stereocenters. The monoisotopic (exact) mass is 315 g/mol. The number of ether oxygens (including phenoxy) is 2. The normalized spacial score (nSPS) is 29.4. The van der Waals surface area contributed by atoms with Gasteiger partial charge < -0.3 is 14.8 Å². The number of aromatic nitrogens is 4. The molecule has 0 unspecified atom stereocenters. The van der Waals surface area contributed by atoms with Gasteiger partial charge in [0.05, 0.1) is 31.1 Å². The first-order chi connectivity index (χ1) is 11.2. The van der Waals surface area contributed by atoms with E-state index in [-0.39, 0.29) is 30.2 Å². The molecule has 2 aliphatic rings. The van der Waals surface area contributed by atoms with Gasteiger partial charge in [0.15, 0.2) is 0 Å². The molecule has 1 N–H and O–H groups in total. The van der Waals surface area contributed by atoms with E-state index in [4.69, 9.17) is 9.47 Å². The molecule has 2 aromatic heterocycles. The van der Waals surface area contributed by atoms with E-state index in [1.165, 1.54) is 6.92 Å². The Morgan fingerprint density at radius 1 is 1.26 bits per heavy atom. The van der Waals surface area contributed by atoms with Crippen molar-refractivity contribution in [1.82, 2.24) is 25.3 Å². The highest BCUT2D eigenvalue weighted by molar-refractivity contribution is 5.73. The molecule has 0 spiro atoms. The zero-order valence-corrected chi connectivity index (χ0v) is 12.6. The summed E-state index contributed by atoms with van der Waals surface area (Å²) in [5.41, 5.74) is 1.49. The Balaban J connectivity index is 1.52. The molecule has 8 heteroatoms. The second-order valence-corrected chi connectivity index (χ2v) is 5.77. The van der Waals surface area contributed by atoms with Crippen molar-refractivity contribution in [3.8, 4) is 11.4 Å². The van der Waals surface area contributed by atoms with E-state index >= 15 is 0 Å². The Labute approximate surface area is 132 Å². The van der Waals surface area contributed by atoms with Gasteiger partial charge in [-0.05, 0) is 12.1 Å². The van der Waals surface area contributed by atoms with Crippen LogP contribution in [0, 0.1) is 0 Å². The maximum atomic E-state index is 11.2. The number of rotatable bonds is 3. The van der Waals surface area contributed by atoms with E-state index in [1.54, 1.807) is 10.9 Å². The van der Waals surface area contributed by atoms with Crippen LogP contribution in [0.2, 0.25) is 0 Å². The predicted octanol–water partition coefficient (Wildman–Crippen LogP) is 0.183. The number of carbonyl (C=O) groups is 1. The first kappa shape index (κ1) is 14.3. The summed E-state index contributed by atoms with van der Waals surface area (Å²) in [7, 11) is 0. The third-order valence-corrected chi connectivity index (χ3v) is 4.19. The number of fused-ring (bicyclic) bond motifs is 1. The van der Waals surface area contributed by atoms with Gasteiger partial charge in [0, 0.05) is 13.1 Å². The smallest absolute Gasteiger partial charge is 0.217 e. The van der Waals surface area contributed by atoms with Gasteiger partial charge in [-0.1, -0.05) is 11.3 Å². The van der Waals surface area contributed by atoms with Gasteiger partial charge in [-0.25, -0.2) is 4.68 Å². The molecule has 2 saturated heterocycles. The number of nitrogens with one attached hydrogen (secondary N) is 1. The molecule has 2 fully saturated rings. The molecular weight excluding hydrogens is 298 g/mol. The van der Waals surface area contributed by atoms with Crippen LogP contribution in [0.15, 0.2) is 30.6 Å². The molecule has 0 radical (unpaired) electrons. The van der Waals surface area contributed by atoms with Gasteiger partial charge in [0.25, 0.3) is 0 Å². The van der Waals surface area contributed by atoms with E-state index < -0.39 is 0 Å². The maximum absolute atomic E-state index is 11.2. The first-order valence-electron chi connectivity index (χ1n) is 7.56. The molecule has 4 rings (SSSR count). The lowest BCUT2D eigenvalue weighted by molar-refractivity contribution is -0.120. The quantitative estimate of drug-likeness (QED) is 0.869. The van der Waals surface area contributed by atoms with Crippen LogP contribution in [0.4, 0.5) is 0 Å². The van der Waals surface area contributed by atoms with Crippen molar-refractivity contribution in [1.29, 1.82) is 0 Å². The van der Waals surface area contributed by atoms with E-state index in [0.717, 1.165) is 5.69 Å². The van der Waals surface area contributed by atoms with Crippen molar-refractivity contribution >= 4 is 5.91 Å². The standard InChI is InChI=1S/C15H17N5O3/c1-9(21)17-12-7-22-15-13(8-23-14(12)15)20-6-11(18-19-20)10-4-2-3-5-16-10/h2-6,12-15H,7-8H2,1H3,(H,17,21)/t12-,13-,14+,15+/m0/s1. The van der Waals surface area contributed by atoms with Crippen LogP contribution < -0.4 is 5.32 Å². The van der Waals surface area contributed by atoms with Gasteiger partial charge in [-0.2, -0.15) is 0 Å². The Hall–Kier alpha value is -2.32. The minimum Gasteiger partial charge on any atom is -0.371 e. The molecule has 0 aromatic carbocycles. The third kappa shape index (κ3) is 2.60. The Morgan fingerprint density at radius 2 is 2.13 bits per heavy atom. The zero-order chi connectivity index (χ0) is 15.8. The third-order valence-electron chi connectivity index (χ3n) is 4.19. The molecule has 4 heterocycles. The molecule has 2 aliphatic heterocycles. The SMILES string of the molecule is CC(=O)N[C@H]1CO[C@H]2[C@@H]1OC[C@@H]2n1cc(-c2ccccn2)nn1. The lowest BCUT2D eigenvalue weighted by Gasteiger charge is -2.16. The Morgan fingerprint density at radius 3 is 2.91 bits per heavy atom. The average Bonchev–Trinajstić information content (AvgIpc) is 3.25. The maximum Gasteiger partial charge on any atom is 0.217 e. The number of hydrogen-bond acceptors (Lipinski definition) is 6. The minimum atomic E-state index is -0.147. The highest BCUT2D eigenvalue weighted by atomic mass is 16.6. The van der Waals surface area contributed by atoms with Crippen molar-refractivity contribution in [2.75, 3.05) is 13.2 Å². The van der Waals surface area contributed by atoms with Crippen LogP contribution in [0.3, 0.4) is 0 Å². The van der Waals surface area contributed by atoms with E-state index in [9.17, 15) is 4.79 Å². The van der Waals surface area contributed by atoms with Crippen LogP contribution >= 0.6 is 0 Å². The van der Waals surface area contributed by atoms with E-state index in [0.29, 0.717) is 18.9 Å². The minimum absolute atomic E-state index is 0.0521. The van der Waals surface area contributed by atoms with Crippen LogP contribution in [0.5, 0.6) is 0 Å². The molecule has 23 heavy (non-hydrogen) atoms. The topological polar surface area (TPSA) is 91.2 Å². The van der Waals surface area contributed by atoms with Crippen molar-refractivity contribution in [3.05, 3.63) is 30.6 Å². The number of carbonyl (C=O) groups excluding carboxylic acids is 1. The summed E-state index contributed by atoms with van der Waals surface area (Å²) < 4.78 is 13.4. The highest BCUT2D eigenvalue weighted by Crippen LogP contribution is 2.34. The van der Waals surface area contributed by atoms with Crippen LogP contribution in [0.25, 0.3) is 11.4 Å². The number of pyridine rings is 1. The fourth-order valence-corrected chi connectivity index (χ4v) is 3.16. The second-order valence-electron chi connectivity index (χ2n) is 5.77. The molecule has 120 valence electrons. The summed E-state index contributed by atoms with van der Waals surface area (Å²) in [6, 6.07) is 5.50. The van der Waals surface area contributed by atoms with Crippen molar-refractivity contribution in [2.24, 2.45) is 0 Å². The summed E-state index contributed by atoms with van der Waals surface area (Å²) in [4.78, 5) is 15.5. The number of hydrogen-bond donors (Lipinski definition) is 1.